The number of fused-ring (bicyclic) bond motifs is 3. The third-order valence-corrected chi connectivity index (χ3v) is 5.51. The van der Waals surface area contributed by atoms with Gasteiger partial charge in [0.15, 0.2) is 0 Å². The number of pyridine rings is 1. The summed E-state index contributed by atoms with van der Waals surface area (Å²) in [5.74, 6) is 0.280. The van der Waals surface area contributed by atoms with Gasteiger partial charge >= 0.3 is 6.18 Å². The van der Waals surface area contributed by atoms with E-state index < -0.39 is 11.9 Å². The molecule has 1 aliphatic carbocycles. The third-order valence-electron chi connectivity index (χ3n) is 5.13. The van der Waals surface area contributed by atoms with Crippen molar-refractivity contribution in [2.75, 3.05) is 12.0 Å². The van der Waals surface area contributed by atoms with E-state index >= 15 is 0 Å². The molecule has 0 bridgehead atoms. The van der Waals surface area contributed by atoms with Crippen LogP contribution >= 0.6 is 11.9 Å². The Morgan fingerprint density at radius 3 is 2.62 bits per heavy atom. The van der Waals surface area contributed by atoms with Gasteiger partial charge in [-0.25, -0.2) is 4.98 Å². The molecule has 0 unspecified atom stereocenters. The molecule has 0 amide bonds. The van der Waals surface area contributed by atoms with Crippen molar-refractivity contribution in [1.82, 2.24) is 15.2 Å². The number of halogens is 3. The Balaban J connectivity index is 2.08. The number of nitrogens with two attached hydrogens (primary N) is 2. The fourth-order valence-electron chi connectivity index (χ4n) is 3.96. The van der Waals surface area contributed by atoms with Crippen molar-refractivity contribution in [2.45, 2.75) is 31.9 Å². The van der Waals surface area contributed by atoms with Gasteiger partial charge in [0.2, 0.25) is 0 Å². The maximum absolute atomic E-state index is 13.5. The number of alkyl halides is 3. The summed E-state index contributed by atoms with van der Waals surface area (Å²) in [6, 6.07) is 3.37. The van der Waals surface area contributed by atoms with Crippen LogP contribution in [0.25, 0.3) is 22.2 Å². The van der Waals surface area contributed by atoms with Gasteiger partial charge in [0.05, 0.1) is 23.0 Å². The molecule has 152 valence electrons. The number of aromatic nitrogens is 3. The molecule has 1 aromatic carbocycles. The number of aromatic amines is 1. The van der Waals surface area contributed by atoms with Gasteiger partial charge in [-0.3, -0.25) is 5.10 Å². The van der Waals surface area contributed by atoms with Crippen LogP contribution in [0.4, 0.5) is 18.9 Å². The first-order chi connectivity index (χ1) is 13.8. The van der Waals surface area contributed by atoms with Crippen LogP contribution in [0, 0.1) is 0 Å². The van der Waals surface area contributed by atoms with Crippen LogP contribution in [-0.2, 0) is 19.0 Å². The minimum absolute atomic E-state index is 0.0401. The van der Waals surface area contributed by atoms with Crippen LogP contribution in [0.15, 0.2) is 22.7 Å². The van der Waals surface area contributed by atoms with Crippen molar-refractivity contribution < 1.29 is 13.2 Å². The second-order valence-corrected chi connectivity index (χ2v) is 7.41. The van der Waals surface area contributed by atoms with Crippen LogP contribution < -0.4 is 11.5 Å². The summed E-state index contributed by atoms with van der Waals surface area (Å²) in [5, 5.41) is 6.48. The van der Waals surface area contributed by atoms with Gasteiger partial charge < -0.3 is 11.5 Å². The zero-order valence-electron chi connectivity index (χ0n) is 15.6. The molecule has 2 heterocycles. The number of hydrogen-bond acceptors (Lipinski definition) is 5. The molecule has 0 radical (unpaired) electrons. The lowest BCUT2D eigenvalue weighted by Crippen LogP contribution is -2.18. The molecule has 29 heavy (non-hydrogen) atoms. The van der Waals surface area contributed by atoms with Crippen LogP contribution in [0.2, 0.25) is 0 Å². The lowest BCUT2D eigenvalue weighted by atomic mass is 9.84. The number of aryl methyl sites for hydroxylation is 1. The standard InChI is InChI=1S/C19H19F3N6S/c1-29-28-18(24)15-12(23)6-7-13-14(15)9-4-2-3-5-10(9)16(26-13)11-8-25-27-17(11)19(20,21)22/h6-8H,2-5,23H2,1H3,(H2,24,28)(H,25,27). The van der Waals surface area contributed by atoms with E-state index in [4.69, 9.17) is 11.5 Å². The van der Waals surface area contributed by atoms with Gasteiger partial charge in [0.25, 0.3) is 0 Å². The first-order valence-corrected chi connectivity index (χ1v) is 10.2. The Morgan fingerprint density at radius 2 is 1.93 bits per heavy atom. The Kier molecular flexibility index (Phi) is 4.89. The highest BCUT2D eigenvalue weighted by Gasteiger charge is 2.37. The number of hydrogen-bond donors (Lipinski definition) is 3. The van der Waals surface area contributed by atoms with Crippen LogP contribution in [-0.4, -0.2) is 27.3 Å². The molecule has 3 aromatic rings. The number of nitrogens with zero attached hydrogens (tertiary/aromatic N) is 3. The molecule has 0 atom stereocenters. The number of nitrogen functional groups attached to an aromatic ring is 1. The topological polar surface area (TPSA) is 106 Å². The molecule has 0 fully saturated rings. The third kappa shape index (κ3) is 3.31. The zero-order chi connectivity index (χ0) is 20.8. The van der Waals surface area contributed by atoms with E-state index in [0.29, 0.717) is 35.3 Å². The molecule has 10 heteroatoms. The number of benzene rings is 1. The first-order valence-electron chi connectivity index (χ1n) is 9.04. The Bertz CT molecular complexity index is 1120. The highest BCUT2D eigenvalue weighted by atomic mass is 32.2. The smallest absolute Gasteiger partial charge is 0.398 e. The fourth-order valence-corrected chi connectivity index (χ4v) is 4.25. The Labute approximate surface area is 169 Å². The van der Waals surface area contributed by atoms with Crippen LogP contribution in [0.1, 0.15) is 35.2 Å². The van der Waals surface area contributed by atoms with Crippen molar-refractivity contribution in [3.8, 4) is 11.3 Å². The van der Waals surface area contributed by atoms with Gasteiger partial charge in [-0.05, 0) is 60.9 Å². The van der Waals surface area contributed by atoms with E-state index in [-0.39, 0.29) is 11.4 Å². The second-order valence-electron chi connectivity index (χ2n) is 6.86. The van der Waals surface area contributed by atoms with E-state index in [1.54, 1.807) is 18.4 Å². The predicted molar refractivity (Wildman–Crippen MR) is 110 cm³/mol. The molecule has 6 nitrogen and oxygen atoms in total. The van der Waals surface area contributed by atoms with Gasteiger partial charge in [0.1, 0.15) is 11.5 Å². The molecule has 5 N–H and O–H groups in total. The predicted octanol–water partition coefficient (Wildman–Crippen LogP) is 4.09. The number of amidine groups is 1. The monoisotopic (exact) mass is 420 g/mol. The van der Waals surface area contributed by atoms with E-state index in [1.807, 2.05) is 0 Å². The Hall–Kier alpha value is -2.75. The molecule has 4 rings (SSSR count). The molecule has 2 aromatic heterocycles. The molecule has 0 aliphatic heterocycles. The van der Waals surface area contributed by atoms with Gasteiger partial charge in [0, 0.05) is 22.9 Å². The summed E-state index contributed by atoms with van der Waals surface area (Å²) in [6.45, 7) is 0. The van der Waals surface area contributed by atoms with Crippen molar-refractivity contribution in [3.05, 3.63) is 40.7 Å². The SMILES string of the molecule is CS/N=C(\N)c1c(N)ccc2nc(-c3cn[nH]c3C(F)(F)F)c3c(c12)CCCC3. The van der Waals surface area contributed by atoms with Crippen molar-refractivity contribution in [2.24, 2.45) is 10.1 Å². The molecule has 0 saturated carbocycles. The minimum atomic E-state index is -4.55. The molecule has 1 aliphatic rings. The molecular weight excluding hydrogens is 401 g/mol. The number of nitrogens with one attached hydrogen (secondary N) is 1. The van der Waals surface area contributed by atoms with E-state index in [9.17, 15) is 13.2 Å². The fraction of sp³-hybridized carbons (Fsp3) is 0.316. The second kappa shape index (κ2) is 7.25. The van der Waals surface area contributed by atoms with E-state index in [2.05, 4.69) is 19.6 Å². The molecular formula is C19H19F3N6S. The quantitative estimate of drug-likeness (QED) is 0.256. The average molecular weight is 420 g/mol. The van der Waals surface area contributed by atoms with Crippen molar-refractivity contribution in [1.29, 1.82) is 0 Å². The summed E-state index contributed by atoms with van der Waals surface area (Å²) < 4.78 is 44.6. The minimum Gasteiger partial charge on any atom is -0.398 e. The molecule has 0 saturated heterocycles. The van der Waals surface area contributed by atoms with E-state index in [0.717, 1.165) is 29.4 Å². The highest BCUT2D eigenvalue weighted by Crippen LogP contribution is 2.41. The largest absolute Gasteiger partial charge is 0.433 e. The number of H-pyrrole nitrogens is 1. The highest BCUT2D eigenvalue weighted by molar-refractivity contribution is 7.97. The van der Waals surface area contributed by atoms with Crippen molar-refractivity contribution >= 4 is 34.4 Å². The van der Waals surface area contributed by atoms with Gasteiger partial charge in [-0.2, -0.15) is 22.7 Å². The summed E-state index contributed by atoms with van der Waals surface area (Å²) in [4.78, 5) is 4.62. The van der Waals surface area contributed by atoms with E-state index in [1.165, 1.54) is 18.1 Å². The van der Waals surface area contributed by atoms with Crippen LogP contribution in [0.3, 0.4) is 0 Å². The summed E-state index contributed by atoms with van der Waals surface area (Å²) >= 11 is 1.21. The normalized spacial score (nSPS) is 15.0. The van der Waals surface area contributed by atoms with Crippen molar-refractivity contribution in [3.63, 3.8) is 0 Å². The van der Waals surface area contributed by atoms with Crippen LogP contribution in [0.5, 0.6) is 0 Å². The Morgan fingerprint density at radius 1 is 1.21 bits per heavy atom. The number of rotatable bonds is 3. The van der Waals surface area contributed by atoms with Gasteiger partial charge in [-0.15, -0.1) is 0 Å². The first kappa shape index (κ1) is 19.6. The summed E-state index contributed by atoms with van der Waals surface area (Å²) in [6.07, 6.45) is 1.57. The maximum atomic E-state index is 13.5. The van der Waals surface area contributed by atoms with Gasteiger partial charge in [-0.1, -0.05) is 0 Å². The molecule has 0 spiro atoms. The summed E-state index contributed by atoms with van der Waals surface area (Å²) in [5.41, 5.74) is 15.1. The summed E-state index contributed by atoms with van der Waals surface area (Å²) in [7, 11) is 0. The maximum Gasteiger partial charge on any atom is 0.433 e. The number of anilines is 1. The average Bonchev–Trinajstić information content (AvgIpc) is 3.17. The zero-order valence-corrected chi connectivity index (χ0v) is 16.4. The lowest BCUT2D eigenvalue weighted by molar-refractivity contribution is -0.140. The lowest BCUT2D eigenvalue weighted by Gasteiger charge is -2.23.